The molecule has 1 N–H and O–H groups in total. The van der Waals surface area contributed by atoms with Crippen molar-refractivity contribution in [2.24, 2.45) is 0 Å². The molecule has 6 rings (SSSR count). The number of carbonyl (C=O) groups is 2. The largest absolute Gasteiger partial charge is 0.379 e. The van der Waals surface area contributed by atoms with Crippen molar-refractivity contribution in [3.05, 3.63) is 83.0 Å². The van der Waals surface area contributed by atoms with Crippen LogP contribution in [0.2, 0.25) is 5.15 Å². The number of hydrogen-bond acceptors (Lipinski definition) is 9. The quantitative estimate of drug-likeness (QED) is 0.266. The van der Waals surface area contributed by atoms with Crippen molar-refractivity contribution in [3.8, 4) is 0 Å². The molecule has 11 nitrogen and oxygen atoms in total. The molecule has 0 spiro atoms. The SMILES string of the molecule is O=Cc1cnn2ccc(Cl)nc12.O=Cc1cnn2ccc(Nc3cccc(CN4CCOCC4)c3)nc12. The Kier molecular flexibility index (Phi) is 7.45. The van der Waals surface area contributed by atoms with Crippen LogP contribution in [0.5, 0.6) is 0 Å². The topological polar surface area (TPSA) is 119 Å². The summed E-state index contributed by atoms with van der Waals surface area (Å²) in [6.45, 7) is 4.43. The van der Waals surface area contributed by atoms with Gasteiger partial charge in [-0.15, -0.1) is 0 Å². The van der Waals surface area contributed by atoms with Crippen molar-refractivity contribution in [3.63, 3.8) is 0 Å². The minimum absolute atomic E-state index is 0.353. The third kappa shape index (κ3) is 5.80. The molecule has 5 aromatic rings. The predicted octanol–water partition coefficient (Wildman–Crippen LogP) is 3.31. The highest BCUT2D eigenvalue weighted by Gasteiger charge is 2.11. The number of nitrogens with zero attached hydrogens (tertiary/aromatic N) is 7. The molecule has 1 aliphatic heterocycles. The summed E-state index contributed by atoms with van der Waals surface area (Å²) < 4.78 is 8.48. The Morgan fingerprint density at radius 1 is 0.919 bits per heavy atom. The third-order valence-electron chi connectivity index (χ3n) is 5.72. The number of morpholine rings is 1. The van der Waals surface area contributed by atoms with E-state index >= 15 is 0 Å². The zero-order chi connectivity index (χ0) is 25.6. The molecule has 0 radical (unpaired) electrons. The standard InChI is InChI=1S/C18H19N5O2.C7H4ClN3O/c24-13-15-11-19-23-5-4-17(21-18(15)23)20-16-3-1-2-14(10-16)12-22-6-8-25-9-7-22;8-6-1-2-11-7(10-6)5(4-12)3-9-11/h1-5,10-11,13H,6-9,12H2,(H,20,21);1-4H. The number of rotatable bonds is 6. The van der Waals surface area contributed by atoms with Crippen LogP contribution in [0.1, 0.15) is 26.3 Å². The molecule has 1 aromatic carbocycles. The zero-order valence-electron chi connectivity index (χ0n) is 19.7. The minimum atomic E-state index is 0.353. The number of aldehydes is 2. The highest BCUT2D eigenvalue weighted by atomic mass is 35.5. The van der Waals surface area contributed by atoms with E-state index in [4.69, 9.17) is 16.3 Å². The molecule has 37 heavy (non-hydrogen) atoms. The fourth-order valence-corrected chi connectivity index (χ4v) is 4.04. The van der Waals surface area contributed by atoms with Crippen LogP contribution in [-0.2, 0) is 11.3 Å². The van der Waals surface area contributed by atoms with Crippen LogP contribution in [0.25, 0.3) is 11.3 Å². The van der Waals surface area contributed by atoms with Crippen LogP contribution < -0.4 is 5.32 Å². The Morgan fingerprint density at radius 3 is 2.30 bits per heavy atom. The van der Waals surface area contributed by atoms with E-state index in [1.165, 1.54) is 22.5 Å². The van der Waals surface area contributed by atoms with E-state index < -0.39 is 0 Å². The van der Waals surface area contributed by atoms with E-state index in [0.717, 1.165) is 44.8 Å². The van der Waals surface area contributed by atoms with Crippen LogP contribution in [0.15, 0.2) is 61.2 Å². The summed E-state index contributed by atoms with van der Waals surface area (Å²) in [5, 5.41) is 11.6. The van der Waals surface area contributed by atoms with Crippen LogP contribution >= 0.6 is 11.6 Å². The van der Waals surface area contributed by atoms with E-state index in [1.54, 1.807) is 23.0 Å². The van der Waals surface area contributed by atoms with Crippen LogP contribution in [-0.4, -0.2) is 73.0 Å². The van der Waals surface area contributed by atoms with E-state index in [9.17, 15) is 9.59 Å². The molecule has 0 atom stereocenters. The van der Waals surface area contributed by atoms with Crippen molar-refractivity contribution < 1.29 is 14.3 Å². The van der Waals surface area contributed by atoms with Crippen molar-refractivity contribution in [2.75, 3.05) is 31.6 Å². The van der Waals surface area contributed by atoms with Gasteiger partial charge in [0.05, 0.1) is 36.7 Å². The molecule has 1 saturated heterocycles. The first-order valence-electron chi connectivity index (χ1n) is 11.5. The molecule has 5 heterocycles. The van der Waals surface area contributed by atoms with Crippen molar-refractivity contribution in [1.82, 2.24) is 34.1 Å². The second-order valence-corrected chi connectivity index (χ2v) is 8.64. The Morgan fingerprint density at radius 2 is 1.59 bits per heavy atom. The summed E-state index contributed by atoms with van der Waals surface area (Å²) >= 11 is 5.64. The normalized spacial score (nSPS) is 13.8. The molecule has 188 valence electrons. The van der Waals surface area contributed by atoms with Crippen LogP contribution in [0, 0.1) is 0 Å². The molecule has 0 bridgehead atoms. The molecule has 0 unspecified atom stereocenters. The average molecular weight is 519 g/mol. The predicted molar refractivity (Wildman–Crippen MR) is 138 cm³/mol. The van der Waals surface area contributed by atoms with E-state index in [1.807, 2.05) is 18.2 Å². The maximum absolute atomic E-state index is 11.1. The summed E-state index contributed by atoms with van der Waals surface area (Å²) in [5.41, 5.74) is 4.16. The highest BCUT2D eigenvalue weighted by Crippen LogP contribution is 2.19. The van der Waals surface area contributed by atoms with Gasteiger partial charge in [-0.25, -0.2) is 19.0 Å². The number of benzene rings is 1. The fraction of sp³-hybridized carbons (Fsp3) is 0.200. The molecule has 0 saturated carbocycles. The van der Waals surface area contributed by atoms with E-state index in [-0.39, 0.29) is 0 Å². The number of ether oxygens (including phenoxy) is 1. The van der Waals surface area contributed by atoms with Gasteiger partial charge in [-0.1, -0.05) is 23.7 Å². The van der Waals surface area contributed by atoms with Gasteiger partial charge in [0.1, 0.15) is 11.0 Å². The lowest BCUT2D eigenvalue weighted by Crippen LogP contribution is -2.35. The molecule has 4 aromatic heterocycles. The van der Waals surface area contributed by atoms with Crippen LogP contribution in [0.3, 0.4) is 0 Å². The van der Waals surface area contributed by atoms with Gasteiger partial charge in [0.15, 0.2) is 23.9 Å². The highest BCUT2D eigenvalue weighted by molar-refractivity contribution is 6.29. The van der Waals surface area contributed by atoms with Gasteiger partial charge in [-0.05, 0) is 29.8 Å². The molecule has 0 amide bonds. The fourth-order valence-electron chi connectivity index (χ4n) is 3.90. The smallest absolute Gasteiger partial charge is 0.167 e. The van der Waals surface area contributed by atoms with Crippen LogP contribution in [0.4, 0.5) is 11.5 Å². The van der Waals surface area contributed by atoms with Gasteiger partial charge >= 0.3 is 0 Å². The van der Waals surface area contributed by atoms with Gasteiger partial charge in [0.25, 0.3) is 0 Å². The lowest BCUT2D eigenvalue weighted by atomic mass is 10.2. The Labute approximate surface area is 216 Å². The maximum Gasteiger partial charge on any atom is 0.167 e. The number of aromatic nitrogens is 6. The number of anilines is 2. The monoisotopic (exact) mass is 518 g/mol. The zero-order valence-corrected chi connectivity index (χ0v) is 20.5. The second-order valence-electron chi connectivity index (χ2n) is 8.25. The Balaban J connectivity index is 0.000000195. The molecule has 12 heteroatoms. The lowest BCUT2D eigenvalue weighted by molar-refractivity contribution is 0.0342. The number of fused-ring (bicyclic) bond motifs is 2. The van der Waals surface area contributed by atoms with Crippen molar-refractivity contribution in [1.29, 1.82) is 0 Å². The Bertz CT molecular complexity index is 1540. The number of hydrogen-bond donors (Lipinski definition) is 1. The first kappa shape index (κ1) is 24.5. The summed E-state index contributed by atoms with van der Waals surface area (Å²) in [6.07, 6.45) is 7.87. The lowest BCUT2D eigenvalue weighted by Gasteiger charge is -2.26. The second kappa shape index (κ2) is 11.2. The van der Waals surface area contributed by atoms with Gasteiger partial charge in [-0.2, -0.15) is 10.2 Å². The molecule has 1 fully saturated rings. The molecular weight excluding hydrogens is 496 g/mol. The van der Waals surface area contributed by atoms with E-state index in [0.29, 0.717) is 39.7 Å². The number of halogens is 1. The summed E-state index contributed by atoms with van der Waals surface area (Å²) in [5.74, 6) is 0.680. The van der Waals surface area contributed by atoms with Gasteiger partial charge in [-0.3, -0.25) is 14.5 Å². The first-order valence-corrected chi connectivity index (χ1v) is 11.9. The third-order valence-corrected chi connectivity index (χ3v) is 5.93. The first-order chi connectivity index (χ1) is 18.1. The van der Waals surface area contributed by atoms with Crippen molar-refractivity contribution in [2.45, 2.75) is 6.54 Å². The minimum Gasteiger partial charge on any atom is -0.379 e. The van der Waals surface area contributed by atoms with Gasteiger partial charge in [0, 0.05) is 37.7 Å². The van der Waals surface area contributed by atoms with Crippen molar-refractivity contribution >= 4 is 47.0 Å². The summed E-state index contributed by atoms with van der Waals surface area (Å²) in [7, 11) is 0. The summed E-state index contributed by atoms with van der Waals surface area (Å²) in [6, 6.07) is 11.7. The number of carbonyl (C=O) groups excluding carboxylic acids is 2. The summed E-state index contributed by atoms with van der Waals surface area (Å²) in [4.78, 5) is 32.3. The van der Waals surface area contributed by atoms with Gasteiger partial charge in [0.2, 0.25) is 0 Å². The van der Waals surface area contributed by atoms with E-state index in [2.05, 4.69) is 42.5 Å². The Hall–Kier alpha value is -4.19. The average Bonchev–Trinajstić information content (AvgIpc) is 3.53. The molecular formula is C25H23ClN8O3. The molecule has 0 aliphatic carbocycles. The number of nitrogens with one attached hydrogen (secondary N) is 1. The molecule has 1 aliphatic rings. The van der Waals surface area contributed by atoms with Gasteiger partial charge < -0.3 is 10.1 Å². The maximum atomic E-state index is 11.1.